The lowest BCUT2D eigenvalue weighted by atomic mass is 9.92. The Morgan fingerprint density at radius 2 is 2.00 bits per heavy atom. The maximum atomic E-state index is 11.3. The smallest absolute Gasteiger partial charge is 0.221 e. The van der Waals surface area contributed by atoms with E-state index in [9.17, 15) is 4.79 Å². The molecule has 3 nitrogen and oxygen atoms in total. The summed E-state index contributed by atoms with van der Waals surface area (Å²) in [5.74, 6) is -0.137. The third kappa shape index (κ3) is 3.10. The molecule has 0 bridgehead atoms. The lowest BCUT2D eigenvalue weighted by Crippen LogP contribution is -2.45. The van der Waals surface area contributed by atoms with E-state index in [0.717, 1.165) is 25.9 Å². The number of amides is 1. The molecule has 1 aliphatic heterocycles. The minimum atomic E-state index is -0.157. The summed E-state index contributed by atoms with van der Waals surface area (Å²) in [6.07, 6.45) is 1.99. The maximum absolute atomic E-state index is 11.3. The average molecular weight is 246 g/mol. The fraction of sp³-hybridized carbons (Fsp3) is 0.533. The highest BCUT2D eigenvalue weighted by Gasteiger charge is 2.28. The SMILES string of the molecule is Cc1ccc(CN2C[C@@H](C(N)=O)CC[C@@H]2C)cc1. The van der Waals surface area contributed by atoms with E-state index in [-0.39, 0.29) is 11.8 Å². The van der Waals surface area contributed by atoms with Crippen molar-refractivity contribution in [3.8, 4) is 0 Å². The zero-order chi connectivity index (χ0) is 13.1. The van der Waals surface area contributed by atoms with Crippen molar-refractivity contribution in [3.05, 3.63) is 35.4 Å². The zero-order valence-corrected chi connectivity index (χ0v) is 11.2. The monoisotopic (exact) mass is 246 g/mol. The van der Waals surface area contributed by atoms with Gasteiger partial charge in [-0.25, -0.2) is 0 Å². The maximum Gasteiger partial charge on any atom is 0.221 e. The van der Waals surface area contributed by atoms with E-state index in [2.05, 4.69) is 43.0 Å². The van der Waals surface area contributed by atoms with Crippen LogP contribution in [0.4, 0.5) is 0 Å². The molecule has 3 heteroatoms. The Morgan fingerprint density at radius 3 is 2.61 bits per heavy atom. The van der Waals surface area contributed by atoms with E-state index in [4.69, 9.17) is 5.73 Å². The van der Waals surface area contributed by atoms with Crippen LogP contribution in [-0.4, -0.2) is 23.4 Å². The van der Waals surface area contributed by atoms with E-state index in [1.807, 2.05) is 0 Å². The van der Waals surface area contributed by atoms with Crippen LogP contribution in [0.3, 0.4) is 0 Å². The number of nitrogens with zero attached hydrogens (tertiary/aromatic N) is 1. The number of benzene rings is 1. The van der Waals surface area contributed by atoms with Gasteiger partial charge < -0.3 is 5.73 Å². The predicted molar refractivity (Wildman–Crippen MR) is 73.0 cm³/mol. The van der Waals surface area contributed by atoms with Gasteiger partial charge in [-0.05, 0) is 32.3 Å². The molecule has 0 radical (unpaired) electrons. The number of carbonyl (C=O) groups is 1. The van der Waals surface area contributed by atoms with Gasteiger partial charge in [-0.3, -0.25) is 9.69 Å². The molecule has 1 heterocycles. The van der Waals surface area contributed by atoms with E-state index >= 15 is 0 Å². The molecule has 0 aromatic heterocycles. The van der Waals surface area contributed by atoms with Crippen molar-refractivity contribution in [1.82, 2.24) is 4.90 Å². The standard InChI is InChI=1S/C15H22N2O/c1-11-3-6-13(7-4-11)9-17-10-14(15(16)18)8-5-12(17)2/h3-4,6-7,12,14H,5,8-10H2,1-2H3,(H2,16,18)/t12-,14-/m0/s1. The molecule has 0 aliphatic carbocycles. The van der Waals surface area contributed by atoms with Crippen LogP contribution >= 0.6 is 0 Å². The van der Waals surface area contributed by atoms with E-state index in [0.29, 0.717) is 6.04 Å². The summed E-state index contributed by atoms with van der Waals surface area (Å²) in [6.45, 7) is 6.03. The number of primary amides is 1. The van der Waals surface area contributed by atoms with Crippen molar-refractivity contribution >= 4 is 5.91 Å². The molecule has 2 N–H and O–H groups in total. The number of rotatable bonds is 3. The van der Waals surface area contributed by atoms with Gasteiger partial charge in [0.2, 0.25) is 5.91 Å². The second kappa shape index (κ2) is 5.53. The third-order valence-electron chi connectivity index (χ3n) is 3.92. The molecular weight excluding hydrogens is 224 g/mol. The van der Waals surface area contributed by atoms with Crippen LogP contribution in [0.15, 0.2) is 24.3 Å². The summed E-state index contributed by atoms with van der Waals surface area (Å²) in [7, 11) is 0. The van der Waals surface area contributed by atoms with Gasteiger partial charge in [-0.2, -0.15) is 0 Å². The van der Waals surface area contributed by atoms with Gasteiger partial charge in [0, 0.05) is 19.1 Å². The summed E-state index contributed by atoms with van der Waals surface area (Å²) in [5, 5.41) is 0. The first kappa shape index (κ1) is 13.1. The van der Waals surface area contributed by atoms with Gasteiger partial charge >= 0.3 is 0 Å². The molecule has 0 saturated carbocycles. The summed E-state index contributed by atoms with van der Waals surface area (Å²) in [6, 6.07) is 9.12. The molecule has 1 amide bonds. The van der Waals surface area contributed by atoms with Gasteiger partial charge in [-0.15, -0.1) is 0 Å². The van der Waals surface area contributed by atoms with Crippen molar-refractivity contribution in [2.45, 2.75) is 39.3 Å². The molecule has 2 atom stereocenters. The van der Waals surface area contributed by atoms with Crippen molar-refractivity contribution in [2.24, 2.45) is 11.7 Å². The van der Waals surface area contributed by atoms with Crippen LogP contribution in [0.2, 0.25) is 0 Å². The van der Waals surface area contributed by atoms with Crippen molar-refractivity contribution in [1.29, 1.82) is 0 Å². The Kier molecular flexibility index (Phi) is 4.02. The lowest BCUT2D eigenvalue weighted by molar-refractivity contribution is -0.124. The van der Waals surface area contributed by atoms with Crippen molar-refractivity contribution in [3.63, 3.8) is 0 Å². The fourth-order valence-corrected chi connectivity index (χ4v) is 2.56. The quantitative estimate of drug-likeness (QED) is 0.887. The first-order valence-electron chi connectivity index (χ1n) is 6.65. The molecule has 1 fully saturated rings. The van der Waals surface area contributed by atoms with Crippen LogP contribution in [0.25, 0.3) is 0 Å². The van der Waals surface area contributed by atoms with Crippen LogP contribution in [0.1, 0.15) is 30.9 Å². The highest BCUT2D eigenvalue weighted by Crippen LogP contribution is 2.23. The first-order chi connectivity index (χ1) is 8.56. The Morgan fingerprint density at radius 1 is 1.33 bits per heavy atom. The number of carbonyl (C=O) groups excluding carboxylic acids is 1. The Bertz CT molecular complexity index is 413. The second-order valence-corrected chi connectivity index (χ2v) is 5.44. The van der Waals surface area contributed by atoms with Crippen molar-refractivity contribution < 1.29 is 4.79 Å². The average Bonchev–Trinajstić information content (AvgIpc) is 2.34. The molecule has 1 saturated heterocycles. The highest BCUT2D eigenvalue weighted by atomic mass is 16.1. The molecule has 18 heavy (non-hydrogen) atoms. The summed E-state index contributed by atoms with van der Waals surface area (Å²) in [4.78, 5) is 13.7. The minimum absolute atomic E-state index is 0.0200. The van der Waals surface area contributed by atoms with Gasteiger partial charge in [0.05, 0.1) is 5.92 Å². The van der Waals surface area contributed by atoms with Gasteiger partial charge in [-0.1, -0.05) is 29.8 Å². The number of likely N-dealkylation sites (tertiary alicyclic amines) is 1. The molecule has 0 spiro atoms. The van der Waals surface area contributed by atoms with Gasteiger partial charge in [0.25, 0.3) is 0 Å². The number of hydrogen-bond acceptors (Lipinski definition) is 2. The fourth-order valence-electron chi connectivity index (χ4n) is 2.56. The zero-order valence-electron chi connectivity index (χ0n) is 11.2. The number of hydrogen-bond donors (Lipinski definition) is 1. The minimum Gasteiger partial charge on any atom is -0.369 e. The normalized spacial score (nSPS) is 25.0. The Balaban J connectivity index is 2.02. The topological polar surface area (TPSA) is 46.3 Å². The highest BCUT2D eigenvalue weighted by molar-refractivity contribution is 5.76. The molecule has 0 unspecified atom stereocenters. The molecule has 1 aromatic carbocycles. The van der Waals surface area contributed by atoms with E-state index < -0.39 is 0 Å². The lowest BCUT2D eigenvalue weighted by Gasteiger charge is -2.36. The second-order valence-electron chi connectivity index (χ2n) is 5.44. The molecular formula is C15H22N2O. The molecule has 1 aromatic rings. The Hall–Kier alpha value is -1.35. The van der Waals surface area contributed by atoms with Crippen LogP contribution in [0, 0.1) is 12.8 Å². The largest absolute Gasteiger partial charge is 0.369 e. The van der Waals surface area contributed by atoms with Crippen LogP contribution in [0.5, 0.6) is 0 Å². The van der Waals surface area contributed by atoms with Crippen LogP contribution in [-0.2, 0) is 11.3 Å². The van der Waals surface area contributed by atoms with Crippen LogP contribution < -0.4 is 5.73 Å². The summed E-state index contributed by atoms with van der Waals surface area (Å²) in [5.41, 5.74) is 8.00. The Labute approximate surface area is 109 Å². The van der Waals surface area contributed by atoms with Gasteiger partial charge in [0.1, 0.15) is 0 Å². The van der Waals surface area contributed by atoms with E-state index in [1.165, 1.54) is 11.1 Å². The molecule has 2 rings (SSSR count). The number of nitrogens with two attached hydrogens (primary N) is 1. The third-order valence-corrected chi connectivity index (χ3v) is 3.92. The summed E-state index contributed by atoms with van der Waals surface area (Å²) < 4.78 is 0. The number of aryl methyl sites for hydroxylation is 1. The first-order valence-corrected chi connectivity index (χ1v) is 6.65. The van der Waals surface area contributed by atoms with Gasteiger partial charge in [0.15, 0.2) is 0 Å². The predicted octanol–water partition coefficient (Wildman–Crippen LogP) is 2.08. The molecule has 1 aliphatic rings. The number of piperidine rings is 1. The van der Waals surface area contributed by atoms with E-state index in [1.54, 1.807) is 0 Å². The van der Waals surface area contributed by atoms with Crippen molar-refractivity contribution in [2.75, 3.05) is 6.54 Å². The molecule has 98 valence electrons. The summed E-state index contributed by atoms with van der Waals surface area (Å²) >= 11 is 0.